The maximum atomic E-state index is 12.1. The summed E-state index contributed by atoms with van der Waals surface area (Å²) in [6, 6.07) is 6.87. The molecular weight excluding hydrogens is 316 g/mol. The number of hydrogen-bond acceptors (Lipinski definition) is 4. The fourth-order valence-corrected chi connectivity index (χ4v) is 1.96. The number of anilines is 1. The number of hydrogen-bond donors (Lipinski definition) is 1. The SMILES string of the molecule is C#Cc1cccc(NC(=O)CN(C)C(=O)c2cncc(Cl)n2)c1. The van der Waals surface area contributed by atoms with E-state index in [0.29, 0.717) is 11.3 Å². The first-order valence-electron chi connectivity index (χ1n) is 6.59. The largest absolute Gasteiger partial charge is 0.331 e. The summed E-state index contributed by atoms with van der Waals surface area (Å²) in [6.45, 7) is -0.146. The number of halogens is 1. The molecule has 0 spiro atoms. The molecule has 0 aliphatic rings. The minimum Gasteiger partial charge on any atom is -0.331 e. The molecule has 23 heavy (non-hydrogen) atoms. The van der Waals surface area contributed by atoms with Crippen LogP contribution in [0, 0.1) is 12.3 Å². The summed E-state index contributed by atoms with van der Waals surface area (Å²) in [5.41, 5.74) is 1.29. The fourth-order valence-electron chi connectivity index (χ4n) is 1.82. The minimum atomic E-state index is -0.451. The number of likely N-dealkylation sites (N-methyl/N-ethyl adjacent to an activating group) is 1. The van der Waals surface area contributed by atoms with Crippen LogP contribution in [0.5, 0.6) is 0 Å². The lowest BCUT2D eigenvalue weighted by molar-refractivity contribution is -0.116. The molecule has 0 atom stereocenters. The average Bonchev–Trinajstić information content (AvgIpc) is 2.54. The van der Waals surface area contributed by atoms with Gasteiger partial charge < -0.3 is 10.2 Å². The number of carbonyl (C=O) groups excluding carboxylic acids is 2. The van der Waals surface area contributed by atoms with Crippen LogP contribution in [0.1, 0.15) is 16.1 Å². The second kappa shape index (κ2) is 7.38. The highest BCUT2D eigenvalue weighted by atomic mass is 35.5. The molecule has 1 heterocycles. The number of terminal acetylenes is 1. The topological polar surface area (TPSA) is 75.2 Å². The predicted octanol–water partition coefficient (Wildman–Crippen LogP) is 1.82. The van der Waals surface area contributed by atoms with Crippen molar-refractivity contribution < 1.29 is 9.59 Å². The van der Waals surface area contributed by atoms with Gasteiger partial charge in [-0.1, -0.05) is 23.6 Å². The van der Waals surface area contributed by atoms with Crippen molar-refractivity contribution in [1.29, 1.82) is 0 Å². The first kappa shape index (κ1) is 16.5. The van der Waals surface area contributed by atoms with Crippen LogP contribution >= 0.6 is 11.6 Å². The summed E-state index contributed by atoms with van der Waals surface area (Å²) >= 11 is 5.70. The predicted molar refractivity (Wildman–Crippen MR) is 87.0 cm³/mol. The first-order chi connectivity index (χ1) is 11.0. The van der Waals surface area contributed by atoms with Gasteiger partial charge in [-0.15, -0.1) is 6.42 Å². The molecular formula is C16H13ClN4O2. The van der Waals surface area contributed by atoms with Gasteiger partial charge in [0.15, 0.2) is 0 Å². The molecule has 116 valence electrons. The van der Waals surface area contributed by atoms with E-state index in [1.165, 1.54) is 24.3 Å². The highest BCUT2D eigenvalue weighted by Crippen LogP contribution is 2.10. The summed E-state index contributed by atoms with van der Waals surface area (Å²) in [4.78, 5) is 33.0. The van der Waals surface area contributed by atoms with Gasteiger partial charge in [0.25, 0.3) is 5.91 Å². The number of nitrogens with one attached hydrogen (secondary N) is 1. The molecule has 0 bridgehead atoms. The molecule has 0 aliphatic heterocycles. The molecule has 6 nitrogen and oxygen atoms in total. The monoisotopic (exact) mass is 328 g/mol. The molecule has 7 heteroatoms. The molecule has 0 unspecified atom stereocenters. The van der Waals surface area contributed by atoms with Crippen molar-refractivity contribution in [3.05, 3.63) is 53.1 Å². The third kappa shape index (κ3) is 4.53. The van der Waals surface area contributed by atoms with E-state index in [9.17, 15) is 9.59 Å². The zero-order chi connectivity index (χ0) is 16.8. The lowest BCUT2D eigenvalue weighted by Gasteiger charge is -2.16. The molecule has 0 radical (unpaired) electrons. The lowest BCUT2D eigenvalue weighted by atomic mass is 10.2. The number of amides is 2. The van der Waals surface area contributed by atoms with Crippen LogP contribution in [-0.2, 0) is 4.79 Å². The van der Waals surface area contributed by atoms with E-state index in [2.05, 4.69) is 21.2 Å². The third-order valence-electron chi connectivity index (χ3n) is 2.86. The number of carbonyl (C=O) groups is 2. The Kier molecular flexibility index (Phi) is 5.28. The Hall–Kier alpha value is -2.91. The zero-order valence-electron chi connectivity index (χ0n) is 12.3. The summed E-state index contributed by atoms with van der Waals surface area (Å²) in [5.74, 6) is 1.68. The first-order valence-corrected chi connectivity index (χ1v) is 6.97. The second-order valence-electron chi connectivity index (χ2n) is 4.66. The van der Waals surface area contributed by atoms with E-state index >= 15 is 0 Å². The van der Waals surface area contributed by atoms with Crippen LogP contribution in [0.25, 0.3) is 0 Å². The van der Waals surface area contributed by atoms with Crippen LogP contribution in [0.15, 0.2) is 36.7 Å². The Morgan fingerprint density at radius 1 is 1.39 bits per heavy atom. The molecule has 1 aromatic heterocycles. The van der Waals surface area contributed by atoms with Crippen LogP contribution < -0.4 is 5.32 Å². The smallest absolute Gasteiger partial charge is 0.274 e. The van der Waals surface area contributed by atoms with Gasteiger partial charge in [0.2, 0.25) is 5.91 Å². The molecule has 2 amide bonds. The average molecular weight is 329 g/mol. The molecule has 0 saturated carbocycles. The fraction of sp³-hybridized carbons (Fsp3) is 0.125. The van der Waals surface area contributed by atoms with Gasteiger partial charge in [0.05, 0.1) is 18.9 Å². The van der Waals surface area contributed by atoms with E-state index in [0.717, 1.165) is 0 Å². The lowest BCUT2D eigenvalue weighted by Crippen LogP contribution is -2.35. The number of rotatable bonds is 4. The van der Waals surface area contributed by atoms with Gasteiger partial charge in [0.1, 0.15) is 10.8 Å². The van der Waals surface area contributed by atoms with Crippen LogP contribution in [0.3, 0.4) is 0 Å². The van der Waals surface area contributed by atoms with Crippen molar-refractivity contribution in [2.24, 2.45) is 0 Å². The van der Waals surface area contributed by atoms with Gasteiger partial charge >= 0.3 is 0 Å². The molecule has 0 aliphatic carbocycles. The maximum absolute atomic E-state index is 12.1. The van der Waals surface area contributed by atoms with Crippen molar-refractivity contribution in [1.82, 2.24) is 14.9 Å². The van der Waals surface area contributed by atoms with E-state index in [1.54, 1.807) is 24.3 Å². The summed E-state index contributed by atoms with van der Waals surface area (Å²) < 4.78 is 0. The van der Waals surface area contributed by atoms with Crippen molar-refractivity contribution in [3.8, 4) is 12.3 Å². The normalized spacial score (nSPS) is 9.78. The zero-order valence-corrected chi connectivity index (χ0v) is 13.0. The Morgan fingerprint density at radius 2 is 2.17 bits per heavy atom. The minimum absolute atomic E-state index is 0.0714. The number of aromatic nitrogens is 2. The Morgan fingerprint density at radius 3 is 2.87 bits per heavy atom. The molecule has 2 aromatic rings. The van der Waals surface area contributed by atoms with E-state index < -0.39 is 5.91 Å². The van der Waals surface area contributed by atoms with Crippen molar-refractivity contribution in [2.75, 3.05) is 18.9 Å². The molecule has 1 N–H and O–H groups in total. The van der Waals surface area contributed by atoms with Crippen LogP contribution in [0.4, 0.5) is 5.69 Å². The Bertz CT molecular complexity index is 786. The Balaban J connectivity index is 1.99. The van der Waals surface area contributed by atoms with Crippen molar-refractivity contribution in [2.45, 2.75) is 0 Å². The van der Waals surface area contributed by atoms with Crippen LogP contribution in [-0.4, -0.2) is 40.3 Å². The van der Waals surface area contributed by atoms with E-state index in [1.807, 2.05) is 0 Å². The highest BCUT2D eigenvalue weighted by Gasteiger charge is 2.17. The maximum Gasteiger partial charge on any atom is 0.274 e. The summed E-state index contributed by atoms with van der Waals surface area (Å²) in [7, 11) is 1.49. The van der Waals surface area contributed by atoms with Crippen LogP contribution in [0.2, 0.25) is 5.15 Å². The number of benzene rings is 1. The van der Waals surface area contributed by atoms with E-state index in [-0.39, 0.29) is 23.3 Å². The standard InChI is InChI=1S/C16H13ClN4O2/c1-3-11-5-4-6-12(7-11)19-15(22)10-21(2)16(23)13-8-18-9-14(17)20-13/h1,4-9H,10H2,2H3,(H,19,22). The third-order valence-corrected chi connectivity index (χ3v) is 3.05. The highest BCUT2D eigenvalue weighted by molar-refractivity contribution is 6.29. The molecule has 2 rings (SSSR count). The molecule has 0 saturated heterocycles. The van der Waals surface area contributed by atoms with Crippen molar-refractivity contribution >= 4 is 29.1 Å². The van der Waals surface area contributed by atoms with Gasteiger partial charge in [-0.25, -0.2) is 4.98 Å². The van der Waals surface area contributed by atoms with Crippen molar-refractivity contribution in [3.63, 3.8) is 0 Å². The molecule has 1 aromatic carbocycles. The quantitative estimate of drug-likeness (QED) is 0.869. The summed E-state index contributed by atoms with van der Waals surface area (Å²) in [6.07, 6.45) is 7.92. The number of nitrogens with zero attached hydrogens (tertiary/aromatic N) is 3. The van der Waals surface area contributed by atoms with Gasteiger partial charge in [-0.3, -0.25) is 14.6 Å². The molecule has 0 fully saturated rings. The summed E-state index contributed by atoms with van der Waals surface area (Å²) in [5, 5.41) is 2.79. The van der Waals surface area contributed by atoms with Gasteiger partial charge in [0, 0.05) is 18.3 Å². The van der Waals surface area contributed by atoms with E-state index in [4.69, 9.17) is 18.0 Å². The Labute approximate surface area is 138 Å². The van der Waals surface area contributed by atoms with Gasteiger partial charge in [-0.2, -0.15) is 0 Å². The van der Waals surface area contributed by atoms with Gasteiger partial charge in [-0.05, 0) is 18.2 Å². The second-order valence-corrected chi connectivity index (χ2v) is 5.05.